The molecular formula is C13H16Cl2N2O2. The average molecular weight is 303 g/mol. The highest BCUT2D eigenvalue weighted by Crippen LogP contribution is 2.30. The molecule has 0 radical (unpaired) electrons. The quantitative estimate of drug-likeness (QED) is 0.825. The number of hydrogen-bond acceptors (Lipinski definition) is 3. The van der Waals surface area contributed by atoms with Crippen LogP contribution in [0.15, 0.2) is 12.1 Å². The zero-order valence-electron chi connectivity index (χ0n) is 10.4. The number of piperidine rings is 1. The normalized spacial score (nSPS) is 19.5. The van der Waals surface area contributed by atoms with Crippen LogP contribution in [0, 0.1) is 5.92 Å². The summed E-state index contributed by atoms with van der Waals surface area (Å²) in [7, 11) is 0. The fourth-order valence-electron chi connectivity index (χ4n) is 2.29. The van der Waals surface area contributed by atoms with Crippen molar-refractivity contribution in [2.45, 2.75) is 12.8 Å². The molecular weight excluding hydrogens is 287 g/mol. The van der Waals surface area contributed by atoms with Gasteiger partial charge < -0.3 is 15.7 Å². The molecule has 0 aromatic heterocycles. The molecule has 1 aromatic carbocycles. The number of carbonyl (C=O) groups excluding carboxylic acids is 1. The predicted octanol–water partition coefficient (Wildman–Crippen LogP) is 2.42. The largest absolute Gasteiger partial charge is 0.396 e. The van der Waals surface area contributed by atoms with E-state index in [2.05, 4.69) is 0 Å². The molecule has 1 aliphatic heterocycles. The number of carbonyl (C=O) groups is 1. The second-order valence-electron chi connectivity index (χ2n) is 4.80. The van der Waals surface area contributed by atoms with Crippen molar-refractivity contribution in [2.24, 2.45) is 5.92 Å². The summed E-state index contributed by atoms with van der Waals surface area (Å²) in [6.07, 6.45) is 1.84. The third-order valence-electron chi connectivity index (χ3n) is 3.39. The van der Waals surface area contributed by atoms with Crippen molar-refractivity contribution in [2.75, 3.05) is 25.4 Å². The number of nitrogens with two attached hydrogens (primary N) is 1. The van der Waals surface area contributed by atoms with Gasteiger partial charge in [-0.1, -0.05) is 23.2 Å². The molecule has 0 bridgehead atoms. The summed E-state index contributed by atoms with van der Waals surface area (Å²) >= 11 is 11.9. The van der Waals surface area contributed by atoms with Gasteiger partial charge in [0.2, 0.25) is 0 Å². The van der Waals surface area contributed by atoms with Crippen molar-refractivity contribution >= 4 is 34.8 Å². The van der Waals surface area contributed by atoms with Crippen LogP contribution < -0.4 is 5.73 Å². The standard InChI is InChI=1S/C13H16Cl2N2O2/c14-10-4-9(5-11(15)12(10)16)13(19)17-3-1-2-8(6-17)7-18/h4-5,8,18H,1-3,6-7,16H2. The van der Waals surface area contributed by atoms with Crippen LogP contribution in [0.4, 0.5) is 5.69 Å². The zero-order valence-corrected chi connectivity index (χ0v) is 11.9. The molecule has 1 fully saturated rings. The Bertz CT molecular complexity index is 471. The number of benzene rings is 1. The second kappa shape index (κ2) is 5.99. The fourth-order valence-corrected chi connectivity index (χ4v) is 2.78. The first kappa shape index (κ1) is 14.4. The van der Waals surface area contributed by atoms with Gasteiger partial charge >= 0.3 is 0 Å². The van der Waals surface area contributed by atoms with Crippen LogP contribution in [0.2, 0.25) is 10.0 Å². The van der Waals surface area contributed by atoms with E-state index in [0.717, 1.165) is 12.8 Å². The van der Waals surface area contributed by atoms with Gasteiger partial charge in [0.05, 0.1) is 15.7 Å². The van der Waals surface area contributed by atoms with Crippen molar-refractivity contribution < 1.29 is 9.90 Å². The lowest BCUT2D eigenvalue weighted by Gasteiger charge is -2.32. The zero-order chi connectivity index (χ0) is 14.0. The Morgan fingerprint density at radius 1 is 1.42 bits per heavy atom. The Morgan fingerprint density at radius 3 is 2.63 bits per heavy atom. The number of nitrogens with zero attached hydrogens (tertiary/aromatic N) is 1. The maximum Gasteiger partial charge on any atom is 0.253 e. The lowest BCUT2D eigenvalue weighted by molar-refractivity contribution is 0.0621. The van der Waals surface area contributed by atoms with Crippen LogP contribution in [0.3, 0.4) is 0 Å². The SMILES string of the molecule is Nc1c(Cl)cc(C(=O)N2CCCC(CO)C2)cc1Cl. The first-order valence-corrected chi connectivity index (χ1v) is 6.93. The van der Waals surface area contributed by atoms with Gasteiger partial charge in [0.1, 0.15) is 0 Å². The third-order valence-corrected chi connectivity index (χ3v) is 4.02. The predicted molar refractivity (Wildman–Crippen MR) is 76.6 cm³/mol. The molecule has 1 unspecified atom stereocenters. The molecule has 104 valence electrons. The topological polar surface area (TPSA) is 66.6 Å². The minimum atomic E-state index is -0.123. The number of aliphatic hydroxyl groups is 1. The molecule has 19 heavy (non-hydrogen) atoms. The van der Waals surface area contributed by atoms with Crippen molar-refractivity contribution in [3.8, 4) is 0 Å². The highest BCUT2D eigenvalue weighted by atomic mass is 35.5. The van der Waals surface area contributed by atoms with Crippen LogP contribution in [0.1, 0.15) is 23.2 Å². The van der Waals surface area contributed by atoms with Gasteiger partial charge in [-0.15, -0.1) is 0 Å². The van der Waals surface area contributed by atoms with Gasteiger partial charge in [-0.25, -0.2) is 0 Å². The molecule has 2 rings (SSSR count). The maximum atomic E-state index is 12.4. The molecule has 1 heterocycles. The fraction of sp³-hybridized carbons (Fsp3) is 0.462. The van der Waals surface area contributed by atoms with Crippen LogP contribution in [-0.2, 0) is 0 Å². The second-order valence-corrected chi connectivity index (χ2v) is 5.61. The van der Waals surface area contributed by atoms with E-state index in [1.165, 1.54) is 12.1 Å². The van der Waals surface area contributed by atoms with E-state index >= 15 is 0 Å². The molecule has 1 saturated heterocycles. The molecule has 3 N–H and O–H groups in total. The maximum absolute atomic E-state index is 12.4. The number of likely N-dealkylation sites (tertiary alicyclic amines) is 1. The van der Waals surface area contributed by atoms with Crippen LogP contribution in [-0.4, -0.2) is 35.6 Å². The van der Waals surface area contributed by atoms with E-state index < -0.39 is 0 Å². The molecule has 0 aliphatic carbocycles. The summed E-state index contributed by atoms with van der Waals surface area (Å²) in [5.74, 6) is 0.0272. The Kier molecular flexibility index (Phi) is 4.55. The summed E-state index contributed by atoms with van der Waals surface area (Å²) in [4.78, 5) is 14.1. The summed E-state index contributed by atoms with van der Waals surface area (Å²) in [5.41, 5.74) is 6.37. The minimum Gasteiger partial charge on any atom is -0.396 e. The molecule has 1 atom stereocenters. The Hall–Kier alpha value is -0.970. The lowest BCUT2D eigenvalue weighted by Crippen LogP contribution is -2.40. The number of amides is 1. The van der Waals surface area contributed by atoms with Crippen molar-refractivity contribution in [1.29, 1.82) is 0 Å². The first-order chi connectivity index (χ1) is 9.02. The minimum absolute atomic E-state index is 0.104. The van der Waals surface area contributed by atoms with Crippen molar-refractivity contribution in [3.63, 3.8) is 0 Å². The number of halogens is 2. The highest BCUT2D eigenvalue weighted by molar-refractivity contribution is 6.39. The molecule has 4 nitrogen and oxygen atoms in total. The van der Waals surface area contributed by atoms with Gasteiger partial charge in [0.25, 0.3) is 5.91 Å². The number of nitrogen functional groups attached to an aromatic ring is 1. The van der Waals surface area contributed by atoms with Crippen LogP contribution >= 0.6 is 23.2 Å². The highest BCUT2D eigenvalue weighted by Gasteiger charge is 2.24. The summed E-state index contributed by atoms with van der Waals surface area (Å²) in [5, 5.41) is 9.76. The lowest BCUT2D eigenvalue weighted by atomic mass is 9.98. The van der Waals surface area contributed by atoms with E-state index in [-0.39, 0.29) is 34.2 Å². The molecule has 0 spiro atoms. The van der Waals surface area contributed by atoms with Gasteiger partial charge in [-0.05, 0) is 30.9 Å². The van der Waals surface area contributed by atoms with E-state index in [9.17, 15) is 9.90 Å². The summed E-state index contributed by atoms with van der Waals surface area (Å²) in [6.45, 7) is 1.36. The van der Waals surface area contributed by atoms with E-state index in [1.54, 1.807) is 4.90 Å². The molecule has 1 aromatic rings. The Balaban J connectivity index is 2.19. The Labute approximate surface area is 122 Å². The van der Waals surface area contributed by atoms with E-state index in [1.807, 2.05) is 0 Å². The van der Waals surface area contributed by atoms with Gasteiger partial charge in [0.15, 0.2) is 0 Å². The van der Waals surface area contributed by atoms with E-state index in [0.29, 0.717) is 18.7 Å². The molecule has 1 aliphatic rings. The summed E-state index contributed by atoms with van der Waals surface area (Å²) < 4.78 is 0. The first-order valence-electron chi connectivity index (χ1n) is 6.17. The third kappa shape index (κ3) is 3.14. The van der Waals surface area contributed by atoms with Gasteiger partial charge in [0, 0.05) is 25.3 Å². The molecule has 1 amide bonds. The Morgan fingerprint density at radius 2 is 2.05 bits per heavy atom. The van der Waals surface area contributed by atoms with E-state index in [4.69, 9.17) is 28.9 Å². The summed E-state index contributed by atoms with van der Waals surface area (Å²) in [6, 6.07) is 3.07. The van der Waals surface area contributed by atoms with Gasteiger partial charge in [-0.3, -0.25) is 4.79 Å². The molecule has 0 saturated carbocycles. The van der Waals surface area contributed by atoms with Crippen LogP contribution in [0.25, 0.3) is 0 Å². The number of anilines is 1. The average Bonchev–Trinajstić information content (AvgIpc) is 2.43. The number of aliphatic hydroxyl groups excluding tert-OH is 1. The van der Waals surface area contributed by atoms with Crippen molar-refractivity contribution in [3.05, 3.63) is 27.7 Å². The van der Waals surface area contributed by atoms with Crippen molar-refractivity contribution in [1.82, 2.24) is 4.90 Å². The monoisotopic (exact) mass is 302 g/mol. The van der Waals surface area contributed by atoms with Gasteiger partial charge in [-0.2, -0.15) is 0 Å². The number of rotatable bonds is 2. The van der Waals surface area contributed by atoms with Crippen LogP contribution in [0.5, 0.6) is 0 Å². The molecule has 6 heteroatoms. The smallest absolute Gasteiger partial charge is 0.253 e. The number of hydrogen-bond donors (Lipinski definition) is 2.